The summed E-state index contributed by atoms with van der Waals surface area (Å²) < 4.78 is 5.81. The van der Waals surface area contributed by atoms with Crippen LogP contribution in [0.2, 0.25) is 0 Å². The maximum atomic E-state index is 12.5. The zero-order valence-corrected chi connectivity index (χ0v) is 19.5. The highest BCUT2D eigenvalue weighted by Gasteiger charge is 2.38. The average molecular weight is 430 g/mol. The molecule has 1 amide bonds. The Bertz CT molecular complexity index is 763. The number of aliphatic imine (C=N–C) groups is 2. The number of benzene rings is 1. The summed E-state index contributed by atoms with van der Waals surface area (Å²) >= 11 is 1.54. The van der Waals surface area contributed by atoms with E-state index in [9.17, 15) is 4.79 Å². The predicted octanol–water partition coefficient (Wildman–Crippen LogP) is 5.33. The smallest absolute Gasteiger partial charge is 0.232 e. The Hall–Kier alpha value is -1.82. The summed E-state index contributed by atoms with van der Waals surface area (Å²) in [6, 6.07) is 8.18. The van der Waals surface area contributed by atoms with E-state index < -0.39 is 0 Å². The number of rotatable bonds is 9. The van der Waals surface area contributed by atoms with Gasteiger partial charge in [-0.2, -0.15) is 0 Å². The zero-order chi connectivity index (χ0) is 21.4. The van der Waals surface area contributed by atoms with Gasteiger partial charge in [0.1, 0.15) is 10.8 Å². The number of unbranched alkanes of at least 4 members (excludes halogenated alkanes) is 1. The molecule has 1 fully saturated rings. The lowest BCUT2D eigenvalue weighted by Gasteiger charge is -2.27. The molecule has 1 saturated carbocycles. The maximum absolute atomic E-state index is 12.5. The van der Waals surface area contributed by atoms with Crippen molar-refractivity contribution < 1.29 is 9.53 Å². The van der Waals surface area contributed by atoms with Gasteiger partial charge in [0.2, 0.25) is 5.91 Å². The van der Waals surface area contributed by atoms with Crippen molar-refractivity contribution in [3.8, 4) is 5.75 Å². The minimum Gasteiger partial charge on any atom is -0.494 e. The fourth-order valence-corrected chi connectivity index (χ4v) is 4.97. The van der Waals surface area contributed by atoms with Crippen LogP contribution < -0.4 is 4.74 Å². The molecule has 3 rings (SSSR count). The van der Waals surface area contributed by atoms with Crippen LogP contribution in [0.25, 0.3) is 0 Å². The number of thioether (sulfide) groups is 1. The molecule has 0 atom stereocenters. The molecular weight excluding hydrogens is 394 g/mol. The third-order valence-electron chi connectivity index (χ3n) is 5.83. The van der Waals surface area contributed by atoms with Gasteiger partial charge in [0.05, 0.1) is 18.1 Å². The van der Waals surface area contributed by atoms with Gasteiger partial charge in [0.25, 0.3) is 0 Å². The van der Waals surface area contributed by atoms with Crippen LogP contribution in [0.1, 0.15) is 71.3 Å². The van der Waals surface area contributed by atoms with E-state index in [0.29, 0.717) is 5.75 Å². The minimum absolute atomic E-state index is 0.163. The van der Waals surface area contributed by atoms with Gasteiger partial charge in [-0.15, -0.1) is 0 Å². The van der Waals surface area contributed by atoms with E-state index in [1.165, 1.54) is 31.0 Å². The molecule has 1 aromatic carbocycles. The highest BCUT2D eigenvalue weighted by molar-refractivity contribution is 8.16. The molecule has 2 aliphatic rings. The number of hydrogen-bond donors (Lipinski definition) is 0. The van der Waals surface area contributed by atoms with Gasteiger partial charge in [0, 0.05) is 18.7 Å². The molecule has 1 heterocycles. The summed E-state index contributed by atoms with van der Waals surface area (Å²) in [5, 5.41) is 0.914. The molecule has 0 radical (unpaired) electrons. The number of amides is 1. The molecule has 164 valence electrons. The Balaban J connectivity index is 1.76. The number of ether oxygens (including phenoxy) is 1. The summed E-state index contributed by atoms with van der Waals surface area (Å²) in [4.78, 5) is 24.6. The summed E-state index contributed by atoms with van der Waals surface area (Å²) in [5.74, 6) is 1.46. The molecule has 1 aliphatic carbocycles. The zero-order valence-electron chi connectivity index (χ0n) is 18.7. The quantitative estimate of drug-likeness (QED) is 0.499. The fourth-order valence-electron chi connectivity index (χ4n) is 3.99. The van der Waals surface area contributed by atoms with Crippen LogP contribution in [0.5, 0.6) is 5.75 Å². The van der Waals surface area contributed by atoms with Gasteiger partial charge in [-0.05, 0) is 70.2 Å². The first kappa shape index (κ1) is 22.9. The lowest BCUT2D eigenvalue weighted by Crippen LogP contribution is -2.32. The first-order valence-corrected chi connectivity index (χ1v) is 12.4. The molecule has 0 N–H and O–H groups in total. The van der Waals surface area contributed by atoms with Crippen molar-refractivity contribution in [3.63, 3.8) is 0 Å². The minimum atomic E-state index is -0.315. The summed E-state index contributed by atoms with van der Waals surface area (Å²) in [6.07, 6.45) is 7.78. The van der Waals surface area contributed by atoms with E-state index in [2.05, 4.69) is 19.1 Å². The van der Waals surface area contributed by atoms with E-state index in [1.54, 1.807) is 0 Å². The number of hydrogen-bond acceptors (Lipinski definition) is 5. The second kappa shape index (κ2) is 11.0. The van der Waals surface area contributed by atoms with Gasteiger partial charge in [-0.3, -0.25) is 9.79 Å². The highest BCUT2D eigenvalue weighted by Crippen LogP contribution is 2.38. The standard InChI is InChI=1S/C24H35N3O2S/c1-4-7-17-29-20-13-11-19(12-14-20)22-23(30-18-21(28)27(5-2)6-3)26-24(25-22)15-9-8-10-16-24/h11-14H,4-10,15-18H2,1-3H3. The third kappa shape index (κ3) is 5.65. The topological polar surface area (TPSA) is 54.3 Å². The predicted molar refractivity (Wildman–Crippen MR) is 127 cm³/mol. The van der Waals surface area contributed by atoms with Crippen LogP contribution in [-0.2, 0) is 4.79 Å². The SMILES string of the molecule is CCCCOc1ccc(C2=NC3(CCCCC3)N=C2SCC(=O)N(CC)CC)cc1. The lowest BCUT2D eigenvalue weighted by molar-refractivity contribution is -0.127. The van der Waals surface area contributed by atoms with E-state index >= 15 is 0 Å². The lowest BCUT2D eigenvalue weighted by atomic mass is 9.90. The van der Waals surface area contributed by atoms with Crippen molar-refractivity contribution in [2.45, 2.75) is 71.4 Å². The second-order valence-corrected chi connectivity index (χ2v) is 8.97. The first-order chi connectivity index (χ1) is 14.6. The Labute approximate surface area is 185 Å². The Kier molecular flexibility index (Phi) is 8.37. The Morgan fingerprint density at radius 3 is 2.40 bits per heavy atom. The molecular formula is C24H35N3O2S. The molecule has 0 saturated heterocycles. The number of nitrogens with zero attached hydrogens (tertiary/aromatic N) is 3. The van der Waals surface area contributed by atoms with Gasteiger partial charge >= 0.3 is 0 Å². The number of carbonyl (C=O) groups is 1. The van der Waals surface area contributed by atoms with Crippen molar-refractivity contribution in [2.24, 2.45) is 9.98 Å². The van der Waals surface area contributed by atoms with Crippen LogP contribution in [0.4, 0.5) is 0 Å². The van der Waals surface area contributed by atoms with E-state index in [-0.39, 0.29) is 11.6 Å². The van der Waals surface area contributed by atoms with Crippen LogP contribution in [0.15, 0.2) is 34.3 Å². The summed E-state index contributed by atoms with van der Waals surface area (Å²) in [5.41, 5.74) is 1.68. The first-order valence-electron chi connectivity index (χ1n) is 11.4. The maximum Gasteiger partial charge on any atom is 0.232 e. The van der Waals surface area contributed by atoms with E-state index in [4.69, 9.17) is 14.7 Å². The molecule has 0 aromatic heterocycles. The largest absolute Gasteiger partial charge is 0.494 e. The monoisotopic (exact) mass is 429 g/mol. The molecule has 1 aliphatic heterocycles. The molecule has 0 unspecified atom stereocenters. The summed E-state index contributed by atoms with van der Waals surface area (Å²) in [7, 11) is 0. The molecule has 0 bridgehead atoms. The Morgan fingerprint density at radius 2 is 1.77 bits per heavy atom. The normalized spacial score (nSPS) is 17.6. The van der Waals surface area contributed by atoms with Crippen LogP contribution in [0, 0.1) is 0 Å². The molecule has 30 heavy (non-hydrogen) atoms. The van der Waals surface area contributed by atoms with Crippen LogP contribution in [0.3, 0.4) is 0 Å². The molecule has 5 nitrogen and oxygen atoms in total. The summed E-state index contributed by atoms with van der Waals surface area (Å²) in [6.45, 7) is 8.44. The highest BCUT2D eigenvalue weighted by atomic mass is 32.2. The van der Waals surface area contributed by atoms with Gasteiger partial charge < -0.3 is 9.64 Å². The Morgan fingerprint density at radius 1 is 1.07 bits per heavy atom. The van der Waals surface area contributed by atoms with Crippen molar-refractivity contribution in [2.75, 3.05) is 25.4 Å². The van der Waals surface area contributed by atoms with Gasteiger partial charge in [-0.25, -0.2) is 4.99 Å². The van der Waals surface area contributed by atoms with Crippen molar-refractivity contribution in [1.82, 2.24) is 4.90 Å². The average Bonchev–Trinajstić information content (AvgIpc) is 3.12. The van der Waals surface area contributed by atoms with Gasteiger partial charge in [-0.1, -0.05) is 31.5 Å². The molecule has 6 heteroatoms. The van der Waals surface area contributed by atoms with Crippen molar-refractivity contribution in [1.29, 1.82) is 0 Å². The third-order valence-corrected chi connectivity index (χ3v) is 6.78. The fraction of sp³-hybridized carbons (Fsp3) is 0.625. The van der Waals surface area contributed by atoms with Crippen LogP contribution in [-0.4, -0.2) is 52.7 Å². The van der Waals surface area contributed by atoms with Crippen molar-refractivity contribution >= 4 is 28.4 Å². The second-order valence-electron chi connectivity index (χ2n) is 8.00. The van der Waals surface area contributed by atoms with E-state index in [1.807, 2.05) is 30.9 Å². The van der Waals surface area contributed by atoms with Gasteiger partial charge in [0.15, 0.2) is 5.66 Å². The molecule has 1 spiro atoms. The number of carbonyl (C=O) groups excluding carboxylic acids is 1. The van der Waals surface area contributed by atoms with E-state index in [0.717, 1.165) is 67.4 Å². The van der Waals surface area contributed by atoms with Crippen molar-refractivity contribution in [3.05, 3.63) is 29.8 Å². The van der Waals surface area contributed by atoms with Crippen LogP contribution >= 0.6 is 11.8 Å². The molecule has 1 aromatic rings.